The van der Waals surface area contributed by atoms with E-state index in [0.717, 1.165) is 10.0 Å². The number of ether oxygens (including phenoxy) is 1. The van der Waals surface area contributed by atoms with Crippen molar-refractivity contribution in [2.24, 2.45) is 0 Å². The molecule has 1 N–H and O–H groups in total. The highest BCUT2D eigenvalue weighted by molar-refractivity contribution is 9.10. The van der Waals surface area contributed by atoms with Gasteiger partial charge in [-0.3, -0.25) is 14.9 Å². The number of halogens is 1. The van der Waals surface area contributed by atoms with Crippen LogP contribution in [0.5, 0.6) is 0 Å². The van der Waals surface area contributed by atoms with Crippen LogP contribution >= 0.6 is 27.3 Å². The first kappa shape index (κ1) is 21.4. The Morgan fingerprint density at radius 2 is 1.93 bits per heavy atom. The zero-order valence-corrected chi connectivity index (χ0v) is 18.0. The van der Waals surface area contributed by atoms with Crippen LogP contribution in [0, 0.1) is 10.1 Å². The summed E-state index contributed by atoms with van der Waals surface area (Å²) in [5.74, 6) is -1.04. The van der Waals surface area contributed by atoms with Crippen LogP contribution in [0.1, 0.15) is 15.9 Å². The Morgan fingerprint density at radius 3 is 2.60 bits per heavy atom. The van der Waals surface area contributed by atoms with E-state index in [1.165, 1.54) is 48.8 Å². The standard InChI is InChI=1S/C21H15BrN2O5S/c1-29-21(26)19-17(14-6-8-15(22)9-7-14)12-30-20(19)23-18(25)10-5-13-3-2-4-16(11-13)24(27)28/h2-12H,1H3,(H,23,25)/b10-5-. The number of esters is 1. The SMILES string of the molecule is COC(=O)c1c(-c2ccc(Br)cc2)csc1NC(=O)/C=C\c1cccc([N+](=O)[O-])c1. The van der Waals surface area contributed by atoms with Gasteiger partial charge in [-0.15, -0.1) is 11.3 Å². The van der Waals surface area contributed by atoms with E-state index in [0.29, 0.717) is 16.1 Å². The van der Waals surface area contributed by atoms with Crippen LogP contribution in [0.25, 0.3) is 17.2 Å². The Kier molecular flexibility index (Phi) is 6.76. The number of nitrogens with zero attached hydrogens (tertiary/aromatic N) is 1. The number of nitro groups is 1. The Bertz CT molecular complexity index is 1140. The molecule has 0 aliphatic carbocycles. The van der Waals surface area contributed by atoms with Gasteiger partial charge in [-0.1, -0.05) is 40.2 Å². The minimum atomic E-state index is -0.563. The quantitative estimate of drug-likeness (QED) is 0.214. The van der Waals surface area contributed by atoms with Crippen LogP contribution < -0.4 is 5.32 Å². The summed E-state index contributed by atoms with van der Waals surface area (Å²) in [6.07, 6.45) is 2.71. The molecule has 1 heterocycles. The number of carbonyl (C=O) groups excluding carboxylic acids is 2. The lowest BCUT2D eigenvalue weighted by Gasteiger charge is -2.07. The average Bonchev–Trinajstić information content (AvgIpc) is 3.15. The third-order valence-electron chi connectivity index (χ3n) is 4.08. The molecule has 0 unspecified atom stereocenters. The molecule has 0 aliphatic heterocycles. The van der Waals surface area contributed by atoms with Crippen LogP contribution in [0.4, 0.5) is 10.7 Å². The summed E-state index contributed by atoms with van der Waals surface area (Å²) in [5.41, 5.74) is 2.17. The van der Waals surface area contributed by atoms with Gasteiger partial charge >= 0.3 is 5.97 Å². The predicted octanol–water partition coefficient (Wildman–Crippen LogP) is 5.52. The number of benzene rings is 2. The van der Waals surface area contributed by atoms with E-state index in [2.05, 4.69) is 21.2 Å². The van der Waals surface area contributed by atoms with Gasteiger partial charge in [0.05, 0.1) is 12.0 Å². The molecular formula is C21H15BrN2O5S. The largest absolute Gasteiger partial charge is 0.465 e. The molecule has 0 atom stereocenters. The van der Waals surface area contributed by atoms with Crippen molar-refractivity contribution in [3.63, 3.8) is 0 Å². The van der Waals surface area contributed by atoms with Crippen LogP contribution in [0.3, 0.4) is 0 Å². The molecule has 30 heavy (non-hydrogen) atoms. The predicted molar refractivity (Wildman–Crippen MR) is 120 cm³/mol. The summed E-state index contributed by atoms with van der Waals surface area (Å²) in [6.45, 7) is 0. The number of nitro benzene ring substituents is 1. The highest BCUT2D eigenvalue weighted by Crippen LogP contribution is 2.36. The minimum Gasteiger partial charge on any atom is -0.465 e. The van der Waals surface area contributed by atoms with Crippen LogP contribution in [0.15, 0.2) is 64.5 Å². The fraction of sp³-hybridized carbons (Fsp3) is 0.0476. The van der Waals surface area contributed by atoms with E-state index in [4.69, 9.17) is 4.74 Å². The van der Waals surface area contributed by atoms with Crippen molar-refractivity contribution in [3.8, 4) is 11.1 Å². The van der Waals surface area contributed by atoms with Crippen molar-refractivity contribution in [2.45, 2.75) is 0 Å². The number of non-ortho nitro benzene ring substituents is 1. The van der Waals surface area contributed by atoms with Gasteiger partial charge in [0.2, 0.25) is 5.91 Å². The van der Waals surface area contributed by atoms with E-state index in [1.807, 2.05) is 24.3 Å². The number of thiophene rings is 1. The highest BCUT2D eigenvalue weighted by atomic mass is 79.9. The molecule has 9 heteroatoms. The fourth-order valence-electron chi connectivity index (χ4n) is 2.66. The number of methoxy groups -OCH3 is 1. The summed E-state index contributed by atoms with van der Waals surface area (Å²) in [7, 11) is 1.28. The lowest BCUT2D eigenvalue weighted by atomic mass is 10.0. The van der Waals surface area contributed by atoms with Crippen molar-refractivity contribution in [1.29, 1.82) is 0 Å². The van der Waals surface area contributed by atoms with E-state index >= 15 is 0 Å². The van der Waals surface area contributed by atoms with Gasteiger partial charge in [0, 0.05) is 33.6 Å². The van der Waals surface area contributed by atoms with Gasteiger partial charge in [0.25, 0.3) is 5.69 Å². The maximum absolute atomic E-state index is 12.4. The number of anilines is 1. The molecule has 0 fully saturated rings. The second-order valence-corrected chi connectivity index (χ2v) is 7.82. The fourth-order valence-corrected chi connectivity index (χ4v) is 3.89. The summed E-state index contributed by atoms with van der Waals surface area (Å²) in [6, 6.07) is 13.3. The van der Waals surface area contributed by atoms with Gasteiger partial charge in [0.1, 0.15) is 10.6 Å². The number of hydrogen-bond donors (Lipinski definition) is 1. The first-order valence-corrected chi connectivity index (χ1v) is 10.3. The molecule has 7 nitrogen and oxygen atoms in total. The Balaban J connectivity index is 1.84. The van der Waals surface area contributed by atoms with Gasteiger partial charge in [-0.2, -0.15) is 0 Å². The number of nitrogens with one attached hydrogen (secondary N) is 1. The van der Waals surface area contributed by atoms with Crippen molar-refractivity contribution >= 4 is 55.9 Å². The van der Waals surface area contributed by atoms with Crippen molar-refractivity contribution in [1.82, 2.24) is 0 Å². The normalized spacial score (nSPS) is 10.7. The molecule has 0 aliphatic rings. The highest BCUT2D eigenvalue weighted by Gasteiger charge is 2.22. The second-order valence-electron chi connectivity index (χ2n) is 6.03. The van der Waals surface area contributed by atoms with Crippen LogP contribution in [-0.2, 0) is 9.53 Å². The third-order valence-corrected chi connectivity index (χ3v) is 5.50. The lowest BCUT2D eigenvalue weighted by molar-refractivity contribution is -0.384. The molecule has 0 radical (unpaired) electrons. The lowest BCUT2D eigenvalue weighted by Crippen LogP contribution is -2.11. The Labute approximate surface area is 184 Å². The maximum atomic E-state index is 12.4. The molecule has 3 rings (SSSR count). The maximum Gasteiger partial charge on any atom is 0.341 e. The second kappa shape index (κ2) is 9.47. The first-order chi connectivity index (χ1) is 14.4. The van der Waals surface area contributed by atoms with Crippen molar-refractivity contribution < 1.29 is 19.2 Å². The van der Waals surface area contributed by atoms with Gasteiger partial charge in [-0.05, 0) is 29.3 Å². The average molecular weight is 487 g/mol. The van der Waals surface area contributed by atoms with Crippen LogP contribution in [0.2, 0.25) is 0 Å². The summed E-state index contributed by atoms with van der Waals surface area (Å²) in [5, 5.41) is 15.7. The molecular weight excluding hydrogens is 472 g/mol. The smallest absolute Gasteiger partial charge is 0.341 e. The van der Waals surface area contributed by atoms with Crippen LogP contribution in [-0.4, -0.2) is 23.9 Å². The molecule has 152 valence electrons. The molecule has 1 amide bonds. The van der Waals surface area contributed by atoms with Crippen molar-refractivity contribution in [3.05, 3.63) is 85.7 Å². The number of hydrogen-bond acceptors (Lipinski definition) is 6. The summed E-state index contributed by atoms with van der Waals surface area (Å²) < 4.78 is 5.80. The number of carbonyl (C=O) groups is 2. The molecule has 2 aromatic carbocycles. The van der Waals surface area contributed by atoms with Gasteiger partial charge in [0.15, 0.2) is 0 Å². The van der Waals surface area contributed by atoms with Gasteiger partial charge < -0.3 is 10.1 Å². The summed E-state index contributed by atoms with van der Waals surface area (Å²) >= 11 is 4.58. The van der Waals surface area contributed by atoms with Crippen molar-refractivity contribution in [2.75, 3.05) is 12.4 Å². The third kappa shape index (κ3) is 5.00. The molecule has 1 aromatic heterocycles. The zero-order valence-electron chi connectivity index (χ0n) is 15.6. The van der Waals surface area contributed by atoms with E-state index in [9.17, 15) is 19.7 Å². The zero-order chi connectivity index (χ0) is 21.7. The number of amides is 1. The van der Waals surface area contributed by atoms with E-state index in [1.54, 1.807) is 11.4 Å². The first-order valence-electron chi connectivity index (χ1n) is 8.58. The monoisotopic (exact) mass is 486 g/mol. The molecule has 0 bridgehead atoms. The Morgan fingerprint density at radius 1 is 1.20 bits per heavy atom. The van der Waals surface area contributed by atoms with E-state index in [-0.39, 0.29) is 11.3 Å². The molecule has 3 aromatic rings. The van der Waals surface area contributed by atoms with E-state index < -0.39 is 16.8 Å². The Hall–Kier alpha value is -3.30. The topological polar surface area (TPSA) is 98.5 Å². The molecule has 0 saturated heterocycles. The summed E-state index contributed by atoms with van der Waals surface area (Å²) in [4.78, 5) is 35.1. The molecule has 0 spiro atoms. The number of rotatable bonds is 6. The minimum absolute atomic E-state index is 0.0667. The van der Waals surface area contributed by atoms with Gasteiger partial charge in [-0.25, -0.2) is 4.79 Å². The molecule has 0 saturated carbocycles.